The monoisotopic (exact) mass is 386 g/mol. The van der Waals surface area contributed by atoms with Crippen LogP contribution in [-0.4, -0.2) is 60.4 Å². The summed E-state index contributed by atoms with van der Waals surface area (Å²) in [5.41, 5.74) is 0. The van der Waals surface area contributed by atoms with Gasteiger partial charge in [0.2, 0.25) is 0 Å². The Morgan fingerprint density at radius 2 is 2.00 bits per heavy atom. The van der Waals surface area contributed by atoms with E-state index < -0.39 is 15.8 Å². The first-order valence-electron chi connectivity index (χ1n) is 8.47. The van der Waals surface area contributed by atoms with Crippen molar-refractivity contribution in [2.24, 2.45) is 0 Å². The number of carbonyl (C=O) groups is 2. The van der Waals surface area contributed by atoms with Crippen LogP contribution in [0.1, 0.15) is 46.8 Å². The number of esters is 1. The number of hydrogen-bond donors (Lipinski definition) is 0. The summed E-state index contributed by atoms with van der Waals surface area (Å²) in [6.45, 7) is 1.43. The lowest BCUT2D eigenvalue weighted by atomic mass is 10.1. The quantitative estimate of drug-likeness (QED) is 0.713. The zero-order chi connectivity index (χ0) is 18.0. The Balaban J connectivity index is 1.65. The standard InChI is InChI=1S/C16H22N2O5S2/c1-11-17-8-14(24-11)16(20)23-9-15(19)18(12-4-2-3-5-12)13-6-7-25(21,22)10-13/h8,12-13H,2-7,9-10H2,1H3/t13-/m1/s1. The first-order chi connectivity index (χ1) is 11.9. The molecule has 0 unspecified atom stereocenters. The van der Waals surface area contributed by atoms with Crippen molar-refractivity contribution in [3.8, 4) is 0 Å². The number of ether oxygens (including phenoxy) is 1. The molecule has 0 N–H and O–H groups in total. The predicted octanol–water partition coefficient (Wildman–Crippen LogP) is 1.57. The highest BCUT2D eigenvalue weighted by Crippen LogP contribution is 2.29. The van der Waals surface area contributed by atoms with Crippen LogP contribution in [0.15, 0.2) is 6.20 Å². The summed E-state index contributed by atoms with van der Waals surface area (Å²) >= 11 is 1.22. The normalized spacial score (nSPS) is 22.8. The van der Waals surface area contributed by atoms with Crippen LogP contribution in [-0.2, 0) is 19.4 Å². The number of hydrogen-bond acceptors (Lipinski definition) is 7. The third kappa shape index (κ3) is 4.38. The fourth-order valence-electron chi connectivity index (χ4n) is 3.61. The molecule has 138 valence electrons. The van der Waals surface area contributed by atoms with Crippen LogP contribution >= 0.6 is 11.3 Å². The van der Waals surface area contributed by atoms with Crippen LogP contribution in [0.4, 0.5) is 0 Å². The van der Waals surface area contributed by atoms with Gasteiger partial charge in [-0.2, -0.15) is 0 Å². The van der Waals surface area contributed by atoms with E-state index in [2.05, 4.69) is 4.98 Å². The number of sulfone groups is 1. The molecule has 7 nitrogen and oxygen atoms in total. The van der Waals surface area contributed by atoms with Crippen molar-refractivity contribution in [1.82, 2.24) is 9.88 Å². The third-order valence-electron chi connectivity index (χ3n) is 4.76. The van der Waals surface area contributed by atoms with Crippen LogP contribution in [0.3, 0.4) is 0 Å². The highest BCUT2D eigenvalue weighted by Gasteiger charge is 2.39. The van der Waals surface area contributed by atoms with Gasteiger partial charge in [0.25, 0.3) is 5.91 Å². The Morgan fingerprint density at radius 3 is 2.56 bits per heavy atom. The van der Waals surface area contributed by atoms with Crippen molar-refractivity contribution in [1.29, 1.82) is 0 Å². The van der Waals surface area contributed by atoms with Gasteiger partial charge in [-0.15, -0.1) is 11.3 Å². The largest absolute Gasteiger partial charge is 0.451 e. The molecular weight excluding hydrogens is 364 g/mol. The maximum atomic E-state index is 12.7. The maximum absolute atomic E-state index is 12.7. The van der Waals surface area contributed by atoms with Gasteiger partial charge in [-0.05, 0) is 26.2 Å². The Morgan fingerprint density at radius 1 is 1.28 bits per heavy atom. The van der Waals surface area contributed by atoms with Gasteiger partial charge in [-0.3, -0.25) is 4.79 Å². The van der Waals surface area contributed by atoms with Crippen LogP contribution < -0.4 is 0 Å². The molecule has 1 aromatic rings. The molecule has 0 spiro atoms. The molecule has 1 atom stereocenters. The van der Waals surface area contributed by atoms with E-state index in [0.29, 0.717) is 11.3 Å². The smallest absolute Gasteiger partial charge is 0.350 e. The summed E-state index contributed by atoms with van der Waals surface area (Å²) in [5.74, 6) is -0.737. The summed E-state index contributed by atoms with van der Waals surface area (Å²) in [6.07, 6.45) is 5.73. The number of aromatic nitrogens is 1. The van der Waals surface area contributed by atoms with Gasteiger partial charge in [0, 0.05) is 12.1 Å². The van der Waals surface area contributed by atoms with E-state index in [9.17, 15) is 18.0 Å². The van der Waals surface area contributed by atoms with Gasteiger partial charge in [-0.25, -0.2) is 18.2 Å². The van der Waals surface area contributed by atoms with Gasteiger partial charge in [0.15, 0.2) is 16.4 Å². The summed E-state index contributed by atoms with van der Waals surface area (Å²) in [4.78, 5) is 30.8. The van der Waals surface area contributed by atoms with Gasteiger partial charge < -0.3 is 9.64 Å². The zero-order valence-corrected chi connectivity index (χ0v) is 15.8. The molecule has 0 aromatic carbocycles. The molecule has 1 aliphatic heterocycles. The second-order valence-corrected chi connectivity index (χ2v) is 10.1. The van der Waals surface area contributed by atoms with Crippen molar-refractivity contribution in [3.63, 3.8) is 0 Å². The lowest BCUT2D eigenvalue weighted by Gasteiger charge is -2.33. The number of aryl methyl sites for hydroxylation is 1. The van der Waals surface area contributed by atoms with E-state index in [4.69, 9.17) is 4.74 Å². The fraction of sp³-hybridized carbons (Fsp3) is 0.688. The van der Waals surface area contributed by atoms with Gasteiger partial charge >= 0.3 is 5.97 Å². The number of nitrogens with zero attached hydrogens (tertiary/aromatic N) is 2. The van der Waals surface area contributed by atoms with Crippen molar-refractivity contribution in [2.75, 3.05) is 18.1 Å². The average Bonchev–Trinajstić information content (AvgIpc) is 3.27. The highest BCUT2D eigenvalue weighted by atomic mass is 32.2. The minimum absolute atomic E-state index is 0.0111. The molecule has 1 amide bonds. The summed E-state index contributed by atoms with van der Waals surface area (Å²) < 4.78 is 28.8. The minimum Gasteiger partial charge on any atom is -0.451 e. The van der Waals surface area contributed by atoms with E-state index in [1.54, 1.807) is 11.8 Å². The SMILES string of the molecule is Cc1ncc(C(=O)OCC(=O)N(C2CCCC2)[C@@H]2CCS(=O)(=O)C2)s1. The van der Waals surface area contributed by atoms with Gasteiger partial charge in [-0.1, -0.05) is 12.8 Å². The molecule has 2 aliphatic rings. The molecule has 2 heterocycles. The van der Waals surface area contributed by atoms with Gasteiger partial charge in [0.05, 0.1) is 22.7 Å². The molecular formula is C16H22N2O5S2. The molecule has 0 bridgehead atoms. The highest BCUT2D eigenvalue weighted by molar-refractivity contribution is 7.91. The van der Waals surface area contributed by atoms with Crippen LogP contribution in [0.25, 0.3) is 0 Å². The number of carbonyl (C=O) groups excluding carboxylic acids is 2. The third-order valence-corrected chi connectivity index (χ3v) is 7.40. The minimum atomic E-state index is -3.08. The first-order valence-corrected chi connectivity index (χ1v) is 11.1. The van der Waals surface area contributed by atoms with Crippen molar-refractivity contribution in [2.45, 2.75) is 51.1 Å². The molecule has 1 aromatic heterocycles. The molecule has 1 aliphatic carbocycles. The molecule has 1 saturated heterocycles. The molecule has 2 fully saturated rings. The van der Waals surface area contributed by atoms with E-state index in [1.165, 1.54) is 17.5 Å². The molecule has 9 heteroatoms. The van der Waals surface area contributed by atoms with Crippen LogP contribution in [0.5, 0.6) is 0 Å². The molecule has 1 saturated carbocycles. The van der Waals surface area contributed by atoms with Gasteiger partial charge in [0.1, 0.15) is 4.88 Å². The number of amides is 1. The Bertz CT molecular complexity index is 752. The second kappa shape index (κ2) is 7.41. The van der Waals surface area contributed by atoms with Crippen molar-refractivity contribution < 1.29 is 22.7 Å². The van der Waals surface area contributed by atoms with Crippen LogP contribution in [0.2, 0.25) is 0 Å². The average molecular weight is 386 g/mol. The Hall–Kier alpha value is -1.48. The Kier molecular flexibility index (Phi) is 5.43. The maximum Gasteiger partial charge on any atom is 0.350 e. The van der Waals surface area contributed by atoms with Crippen molar-refractivity contribution in [3.05, 3.63) is 16.1 Å². The van der Waals surface area contributed by atoms with Crippen molar-refractivity contribution >= 4 is 33.1 Å². The molecule has 0 radical (unpaired) electrons. The lowest BCUT2D eigenvalue weighted by Crippen LogP contribution is -2.48. The lowest BCUT2D eigenvalue weighted by molar-refractivity contribution is -0.139. The predicted molar refractivity (Wildman–Crippen MR) is 93.3 cm³/mol. The summed E-state index contributed by atoms with van der Waals surface area (Å²) in [5, 5.41) is 0.752. The van der Waals surface area contributed by atoms with E-state index in [-0.39, 0.29) is 36.1 Å². The summed E-state index contributed by atoms with van der Waals surface area (Å²) in [6, 6.07) is -0.250. The zero-order valence-electron chi connectivity index (χ0n) is 14.1. The molecule has 3 rings (SSSR count). The second-order valence-electron chi connectivity index (χ2n) is 6.62. The van der Waals surface area contributed by atoms with E-state index >= 15 is 0 Å². The van der Waals surface area contributed by atoms with Crippen LogP contribution in [0, 0.1) is 6.92 Å². The summed E-state index contributed by atoms with van der Waals surface area (Å²) in [7, 11) is -3.08. The molecule has 25 heavy (non-hydrogen) atoms. The van der Waals surface area contributed by atoms with E-state index in [0.717, 1.165) is 30.7 Å². The fourth-order valence-corrected chi connectivity index (χ4v) is 5.99. The first kappa shape index (κ1) is 18.3. The number of thiazole rings is 1. The topological polar surface area (TPSA) is 93.6 Å². The van der Waals surface area contributed by atoms with E-state index in [1.807, 2.05) is 0 Å². The number of rotatable bonds is 5. The Labute approximate surface area is 151 Å².